The fourth-order valence-corrected chi connectivity index (χ4v) is 3.94. The molecule has 2 aromatic carbocycles. The van der Waals surface area contributed by atoms with Gasteiger partial charge in [0.2, 0.25) is 5.91 Å². The first-order valence-corrected chi connectivity index (χ1v) is 11.0. The van der Waals surface area contributed by atoms with E-state index in [2.05, 4.69) is 10.4 Å². The third kappa shape index (κ3) is 5.47. The number of nitrogens with zero attached hydrogens (tertiary/aromatic N) is 3. The molecule has 2 aliphatic rings. The fourth-order valence-electron chi connectivity index (χ4n) is 3.94. The van der Waals surface area contributed by atoms with Gasteiger partial charge in [0.05, 0.1) is 25.0 Å². The molecule has 2 aromatic rings. The van der Waals surface area contributed by atoms with Crippen molar-refractivity contribution in [2.24, 2.45) is 5.10 Å². The molecule has 2 heterocycles. The topological polar surface area (TPSA) is 74.2 Å². The van der Waals surface area contributed by atoms with Gasteiger partial charge in [0.1, 0.15) is 17.7 Å². The number of ether oxygens (including phenoxy) is 1. The lowest BCUT2D eigenvalue weighted by molar-refractivity contribution is -0.119. The monoisotopic (exact) mass is 456 g/mol. The molecule has 2 saturated heterocycles. The first-order valence-electron chi connectivity index (χ1n) is 11.0. The molecule has 174 valence electrons. The molecular weight excluding hydrogens is 430 g/mol. The first kappa shape index (κ1) is 22.7. The molecular formula is C24H26F2N4O3. The second-order valence-electron chi connectivity index (χ2n) is 8.21. The molecule has 0 saturated carbocycles. The van der Waals surface area contributed by atoms with Crippen LogP contribution in [0.5, 0.6) is 0 Å². The average Bonchev–Trinajstić information content (AvgIpc) is 3.18. The molecule has 2 fully saturated rings. The second kappa shape index (κ2) is 9.97. The zero-order chi connectivity index (χ0) is 23.4. The molecule has 2 amide bonds. The summed E-state index contributed by atoms with van der Waals surface area (Å²) < 4.78 is 34.8. The summed E-state index contributed by atoms with van der Waals surface area (Å²) in [6.45, 7) is 3.49. The van der Waals surface area contributed by atoms with Crippen molar-refractivity contribution in [3.05, 3.63) is 53.6 Å². The van der Waals surface area contributed by atoms with Crippen molar-refractivity contribution in [3.63, 3.8) is 0 Å². The van der Waals surface area contributed by atoms with Gasteiger partial charge in [0, 0.05) is 31.1 Å². The summed E-state index contributed by atoms with van der Waals surface area (Å²) in [6, 6.07) is 8.83. The quantitative estimate of drug-likeness (QED) is 0.669. The lowest BCUT2D eigenvalue weighted by atomic mass is 10.0. The van der Waals surface area contributed by atoms with Crippen LogP contribution < -0.4 is 10.2 Å². The Morgan fingerprint density at radius 1 is 1.15 bits per heavy atom. The maximum atomic E-state index is 14.9. The van der Waals surface area contributed by atoms with E-state index in [0.717, 1.165) is 25.9 Å². The van der Waals surface area contributed by atoms with Gasteiger partial charge in [-0.1, -0.05) is 6.07 Å². The van der Waals surface area contributed by atoms with Crippen LogP contribution >= 0.6 is 0 Å². The Morgan fingerprint density at radius 2 is 1.94 bits per heavy atom. The van der Waals surface area contributed by atoms with E-state index in [1.54, 1.807) is 18.2 Å². The van der Waals surface area contributed by atoms with Gasteiger partial charge in [-0.15, -0.1) is 0 Å². The van der Waals surface area contributed by atoms with Crippen LogP contribution in [0.2, 0.25) is 0 Å². The summed E-state index contributed by atoms with van der Waals surface area (Å²) in [7, 11) is 0. The van der Waals surface area contributed by atoms with Crippen molar-refractivity contribution >= 4 is 23.9 Å². The van der Waals surface area contributed by atoms with E-state index in [1.807, 2.05) is 5.01 Å². The number of piperidine rings is 1. The van der Waals surface area contributed by atoms with Crippen molar-refractivity contribution in [1.29, 1.82) is 0 Å². The van der Waals surface area contributed by atoms with Gasteiger partial charge in [-0.2, -0.15) is 5.10 Å². The molecule has 0 radical (unpaired) electrons. The maximum absolute atomic E-state index is 14.9. The summed E-state index contributed by atoms with van der Waals surface area (Å²) in [5, 5.41) is 8.87. The largest absolute Gasteiger partial charge is 0.442 e. The average molecular weight is 456 g/mol. The van der Waals surface area contributed by atoms with Crippen LogP contribution in [0, 0.1) is 11.6 Å². The number of cyclic esters (lactones) is 1. The molecule has 7 nitrogen and oxygen atoms in total. The van der Waals surface area contributed by atoms with Crippen molar-refractivity contribution in [2.75, 3.05) is 31.1 Å². The van der Waals surface area contributed by atoms with Crippen molar-refractivity contribution in [1.82, 2.24) is 10.3 Å². The third-order valence-corrected chi connectivity index (χ3v) is 5.72. The molecule has 4 rings (SSSR count). The molecule has 1 atom stereocenters. The zero-order valence-electron chi connectivity index (χ0n) is 18.4. The Bertz CT molecular complexity index is 1070. The predicted molar refractivity (Wildman–Crippen MR) is 121 cm³/mol. The second-order valence-corrected chi connectivity index (χ2v) is 8.21. The lowest BCUT2D eigenvalue weighted by Gasteiger charge is -2.23. The number of rotatable bonds is 6. The normalized spacial score (nSPS) is 18.6. The Labute approximate surface area is 191 Å². The minimum atomic E-state index is -0.610. The predicted octanol–water partition coefficient (Wildman–Crippen LogP) is 3.91. The summed E-state index contributed by atoms with van der Waals surface area (Å²) in [4.78, 5) is 24.5. The van der Waals surface area contributed by atoms with E-state index in [9.17, 15) is 18.4 Å². The number of hydrogen-bond acceptors (Lipinski definition) is 5. The maximum Gasteiger partial charge on any atom is 0.414 e. The van der Waals surface area contributed by atoms with Crippen LogP contribution in [0.1, 0.15) is 31.7 Å². The Balaban J connectivity index is 1.46. The molecule has 1 N–H and O–H groups in total. The van der Waals surface area contributed by atoms with Crippen molar-refractivity contribution < 1.29 is 23.1 Å². The number of hydrazone groups is 1. The van der Waals surface area contributed by atoms with Gasteiger partial charge in [-0.25, -0.2) is 13.6 Å². The Hall–Kier alpha value is -3.49. The van der Waals surface area contributed by atoms with E-state index in [0.29, 0.717) is 16.8 Å². The standard InChI is InChI=1S/C24H26F2N4O3/c1-16(31)27-14-20-15-30(24(32)33-20)19-7-8-21(23(26)12-19)17-5-6-18(22(25)11-17)13-28-29-9-3-2-4-10-29/h5-8,11-13,20H,2-4,9-10,14-15H2,1H3,(H,27,31)/t20-/m0/s1. The zero-order valence-corrected chi connectivity index (χ0v) is 18.4. The van der Waals surface area contributed by atoms with Crippen molar-refractivity contribution in [3.8, 4) is 11.1 Å². The van der Waals surface area contributed by atoms with Crippen LogP contribution in [0.4, 0.5) is 19.3 Å². The number of amides is 2. The van der Waals surface area contributed by atoms with Crippen LogP contribution in [0.25, 0.3) is 11.1 Å². The van der Waals surface area contributed by atoms with E-state index >= 15 is 0 Å². The summed E-state index contributed by atoms with van der Waals surface area (Å²) in [5.41, 5.74) is 1.28. The third-order valence-electron chi connectivity index (χ3n) is 5.72. The molecule has 2 aliphatic heterocycles. The van der Waals surface area contributed by atoms with E-state index in [1.165, 1.54) is 42.7 Å². The van der Waals surface area contributed by atoms with Crippen LogP contribution in [0.15, 0.2) is 41.5 Å². The van der Waals surface area contributed by atoms with Crippen LogP contribution in [0.3, 0.4) is 0 Å². The lowest BCUT2D eigenvalue weighted by Crippen LogP contribution is -2.33. The summed E-state index contributed by atoms with van der Waals surface area (Å²) in [6.07, 6.45) is 3.73. The Morgan fingerprint density at radius 3 is 2.64 bits per heavy atom. The number of benzene rings is 2. The minimum Gasteiger partial charge on any atom is -0.442 e. The van der Waals surface area contributed by atoms with Gasteiger partial charge in [0.15, 0.2) is 0 Å². The van der Waals surface area contributed by atoms with Gasteiger partial charge < -0.3 is 10.1 Å². The van der Waals surface area contributed by atoms with E-state index in [-0.39, 0.29) is 24.6 Å². The SMILES string of the molecule is CC(=O)NC[C@H]1CN(c2ccc(-c3ccc(C=NN4CCCCC4)c(F)c3)c(F)c2)C(=O)O1. The molecule has 0 spiro atoms. The molecule has 0 aliphatic carbocycles. The summed E-state index contributed by atoms with van der Waals surface area (Å²) >= 11 is 0. The summed E-state index contributed by atoms with van der Waals surface area (Å²) in [5.74, 6) is -1.30. The Kier molecular flexibility index (Phi) is 6.86. The van der Waals surface area contributed by atoms with Crippen molar-refractivity contribution in [2.45, 2.75) is 32.3 Å². The molecule has 33 heavy (non-hydrogen) atoms. The van der Waals surface area contributed by atoms with E-state index in [4.69, 9.17) is 4.74 Å². The fraction of sp³-hybridized carbons (Fsp3) is 0.375. The molecule has 9 heteroatoms. The number of hydrogen-bond donors (Lipinski definition) is 1. The van der Waals surface area contributed by atoms with Gasteiger partial charge >= 0.3 is 6.09 Å². The number of carbonyl (C=O) groups excluding carboxylic acids is 2. The number of halogens is 2. The van der Waals surface area contributed by atoms with Gasteiger partial charge in [0.25, 0.3) is 0 Å². The van der Waals surface area contributed by atoms with Gasteiger partial charge in [-0.05, 0) is 55.2 Å². The highest BCUT2D eigenvalue weighted by atomic mass is 19.1. The first-order chi connectivity index (χ1) is 15.9. The number of anilines is 1. The molecule has 0 aromatic heterocycles. The highest BCUT2D eigenvalue weighted by Gasteiger charge is 2.32. The minimum absolute atomic E-state index is 0.185. The molecule has 0 unspecified atom stereocenters. The highest BCUT2D eigenvalue weighted by Crippen LogP contribution is 2.30. The number of carbonyl (C=O) groups is 2. The smallest absolute Gasteiger partial charge is 0.414 e. The van der Waals surface area contributed by atoms with Crippen LogP contribution in [-0.2, 0) is 9.53 Å². The number of nitrogens with one attached hydrogen (secondary N) is 1. The highest BCUT2D eigenvalue weighted by molar-refractivity contribution is 5.90. The molecule has 0 bridgehead atoms. The van der Waals surface area contributed by atoms with Gasteiger partial charge in [-0.3, -0.25) is 14.7 Å². The van der Waals surface area contributed by atoms with Crippen LogP contribution in [-0.4, -0.2) is 55.5 Å². The van der Waals surface area contributed by atoms with E-state index < -0.39 is 23.8 Å².